The summed E-state index contributed by atoms with van der Waals surface area (Å²) in [4.78, 5) is 12.5. The molecule has 0 heterocycles. The average Bonchev–Trinajstić information content (AvgIpc) is 2.14. The third-order valence-electron chi connectivity index (χ3n) is 2.66. The van der Waals surface area contributed by atoms with Gasteiger partial charge in [0.05, 0.1) is 6.42 Å². The van der Waals surface area contributed by atoms with E-state index in [1.54, 1.807) is 0 Å². The lowest BCUT2D eigenvalue weighted by atomic mass is 10.1. The molecule has 0 saturated carbocycles. The number of halogens is 1. The zero-order chi connectivity index (χ0) is 11.0. The minimum absolute atomic E-state index is 0. The van der Waals surface area contributed by atoms with Gasteiger partial charge in [-0.15, -0.1) is 12.4 Å². The molecular weight excluding hydrogens is 214 g/mol. The molecule has 0 bridgehead atoms. The normalized spacial score (nSPS) is 12.3. The SMILES string of the molecule is CCCCC[C@@H](C)N(C)CCC(=O)O.Cl. The summed E-state index contributed by atoms with van der Waals surface area (Å²) in [6.45, 7) is 5.01. The van der Waals surface area contributed by atoms with Crippen molar-refractivity contribution in [2.45, 2.75) is 52.0 Å². The van der Waals surface area contributed by atoms with Crippen LogP contribution in [-0.2, 0) is 4.79 Å². The highest BCUT2D eigenvalue weighted by Crippen LogP contribution is 2.08. The monoisotopic (exact) mass is 237 g/mol. The second-order valence-electron chi connectivity index (χ2n) is 3.97. The molecule has 0 unspecified atom stereocenters. The Morgan fingerprint density at radius 3 is 2.47 bits per heavy atom. The van der Waals surface area contributed by atoms with Crippen LogP contribution in [0.5, 0.6) is 0 Å². The van der Waals surface area contributed by atoms with Crippen molar-refractivity contribution in [3.63, 3.8) is 0 Å². The molecule has 0 amide bonds. The van der Waals surface area contributed by atoms with E-state index in [2.05, 4.69) is 18.7 Å². The van der Waals surface area contributed by atoms with Gasteiger partial charge in [-0.05, 0) is 20.4 Å². The highest BCUT2D eigenvalue weighted by molar-refractivity contribution is 5.85. The molecule has 0 aromatic rings. The summed E-state index contributed by atoms with van der Waals surface area (Å²) in [6, 6.07) is 0.501. The summed E-state index contributed by atoms with van der Waals surface area (Å²) < 4.78 is 0. The Kier molecular flexibility index (Phi) is 11.7. The zero-order valence-electron chi connectivity index (χ0n) is 10.0. The van der Waals surface area contributed by atoms with Gasteiger partial charge in [-0.1, -0.05) is 26.2 Å². The van der Waals surface area contributed by atoms with Gasteiger partial charge in [0.25, 0.3) is 0 Å². The van der Waals surface area contributed by atoms with E-state index in [4.69, 9.17) is 5.11 Å². The topological polar surface area (TPSA) is 40.5 Å². The molecule has 1 atom stereocenters. The largest absolute Gasteiger partial charge is 0.481 e. The number of carbonyl (C=O) groups is 1. The Labute approximate surface area is 99.3 Å². The molecule has 0 aromatic carbocycles. The molecule has 0 radical (unpaired) electrons. The van der Waals surface area contributed by atoms with Crippen LogP contribution in [0, 0.1) is 0 Å². The third kappa shape index (κ3) is 10.0. The Balaban J connectivity index is 0. The molecule has 0 aliphatic heterocycles. The zero-order valence-corrected chi connectivity index (χ0v) is 10.8. The van der Waals surface area contributed by atoms with Crippen LogP contribution < -0.4 is 0 Å². The quantitative estimate of drug-likeness (QED) is 0.660. The van der Waals surface area contributed by atoms with Crippen molar-refractivity contribution in [2.75, 3.05) is 13.6 Å². The molecule has 92 valence electrons. The molecular formula is C11H24ClNO2. The molecule has 1 N–H and O–H groups in total. The number of carboxylic acids is 1. The van der Waals surface area contributed by atoms with Crippen molar-refractivity contribution in [2.24, 2.45) is 0 Å². The second kappa shape index (κ2) is 10.2. The van der Waals surface area contributed by atoms with Crippen LogP contribution in [0.3, 0.4) is 0 Å². The van der Waals surface area contributed by atoms with Crippen LogP contribution in [0.4, 0.5) is 0 Å². The number of hydrogen-bond donors (Lipinski definition) is 1. The fraction of sp³-hybridized carbons (Fsp3) is 0.909. The maximum atomic E-state index is 10.4. The molecule has 15 heavy (non-hydrogen) atoms. The van der Waals surface area contributed by atoms with Crippen molar-refractivity contribution < 1.29 is 9.90 Å². The maximum absolute atomic E-state index is 10.4. The summed E-state index contributed by atoms with van der Waals surface area (Å²) >= 11 is 0. The highest BCUT2D eigenvalue weighted by Gasteiger charge is 2.09. The predicted molar refractivity (Wildman–Crippen MR) is 65.7 cm³/mol. The smallest absolute Gasteiger partial charge is 0.304 e. The van der Waals surface area contributed by atoms with E-state index in [9.17, 15) is 4.79 Å². The van der Waals surface area contributed by atoms with Crippen LogP contribution >= 0.6 is 12.4 Å². The fourth-order valence-electron chi connectivity index (χ4n) is 1.40. The second-order valence-corrected chi connectivity index (χ2v) is 3.97. The molecule has 0 spiro atoms. The molecule has 0 aliphatic carbocycles. The van der Waals surface area contributed by atoms with E-state index in [1.807, 2.05) is 7.05 Å². The fourth-order valence-corrected chi connectivity index (χ4v) is 1.40. The Bertz CT molecular complexity index is 165. The minimum Gasteiger partial charge on any atom is -0.481 e. The summed E-state index contributed by atoms with van der Waals surface area (Å²) in [6.07, 6.45) is 5.18. The van der Waals surface area contributed by atoms with E-state index in [-0.39, 0.29) is 18.8 Å². The molecule has 0 fully saturated rings. The highest BCUT2D eigenvalue weighted by atomic mass is 35.5. The number of carboxylic acid groups (broad SMARTS) is 1. The lowest BCUT2D eigenvalue weighted by molar-refractivity contribution is -0.137. The maximum Gasteiger partial charge on any atom is 0.304 e. The van der Waals surface area contributed by atoms with E-state index < -0.39 is 5.97 Å². The van der Waals surface area contributed by atoms with Gasteiger partial charge in [0.1, 0.15) is 0 Å². The molecule has 3 nitrogen and oxygen atoms in total. The first-order valence-electron chi connectivity index (χ1n) is 5.50. The number of unbranched alkanes of at least 4 members (excludes halogenated alkanes) is 2. The van der Waals surface area contributed by atoms with Gasteiger partial charge in [0, 0.05) is 12.6 Å². The van der Waals surface area contributed by atoms with E-state index in [1.165, 1.54) is 25.7 Å². The lowest BCUT2D eigenvalue weighted by Gasteiger charge is -2.23. The molecule has 4 heteroatoms. The van der Waals surface area contributed by atoms with Crippen LogP contribution in [0.2, 0.25) is 0 Å². The number of hydrogen-bond acceptors (Lipinski definition) is 2. The summed E-state index contributed by atoms with van der Waals surface area (Å²) in [5.41, 5.74) is 0. The summed E-state index contributed by atoms with van der Waals surface area (Å²) in [5.74, 6) is -0.711. The number of aliphatic carboxylic acids is 1. The van der Waals surface area contributed by atoms with Crippen LogP contribution in [0.1, 0.15) is 46.0 Å². The first-order chi connectivity index (χ1) is 6.57. The van der Waals surface area contributed by atoms with Crippen LogP contribution in [-0.4, -0.2) is 35.6 Å². The first kappa shape index (κ1) is 17.1. The van der Waals surface area contributed by atoms with Crippen molar-refractivity contribution >= 4 is 18.4 Å². The van der Waals surface area contributed by atoms with Gasteiger partial charge in [-0.25, -0.2) is 0 Å². The summed E-state index contributed by atoms with van der Waals surface area (Å²) in [5, 5.41) is 8.53. The van der Waals surface area contributed by atoms with E-state index in [0.717, 1.165) is 0 Å². The minimum atomic E-state index is -0.711. The molecule has 0 aliphatic rings. The number of nitrogens with zero attached hydrogens (tertiary/aromatic N) is 1. The van der Waals surface area contributed by atoms with Gasteiger partial charge < -0.3 is 10.0 Å². The molecule has 0 rings (SSSR count). The van der Waals surface area contributed by atoms with Crippen molar-refractivity contribution in [1.29, 1.82) is 0 Å². The van der Waals surface area contributed by atoms with Gasteiger partial charge >= 0.3 is 5.97 Å². The predicted octanol–water partition coefficient (Wildman–Crippen LogP) is 2.78. The summed E-state index contributed by atoms with van der Waals surface area (Å²) in [7, 11) is 2.00. The average molecular weight is 238 g/mol. The van der Waals surface area contributed by atoms with Crippen LogP contribution in [0.25, 0.3) is 0 Å². The van der Waals surface area contributed by atoms with Crippen molar-refractivity contribution in [3.05, 3.63) is 0 Å². The number of rotatable bonds is 8. The molecule has 0 saturated heterocycles. The lowest BCUT2D eigenvalue weighted by Crippen LogP contribution is -2.31. The first-order valence-corrected chi connectivity index (χ1v) is 5.50. The van der Waals surface area contributed by atoms with Gasteiger partial charge in [-0.2, -0.15) is 0 Å². The van der Waals surface area contributed by atoms with Crippen molar-refractivity contribution in [3.8, 4) is 0 Å². The van der Waals surface area contributed by atoms with E-state index in [0.29, 0.717) is 12.6 Å². The Hall–Kier alpha value is -0.280. The Morgan fingerprint density at radius 1 is 1.40 bits per heavy atom. The molecule has 0 aromatic heterocycles. The van der Waals surface area contributed by atoms with Gasteiger partial charge in [0.15, 0.2) is 0 Å². The van der Waals surface area contributed by atoms with Crippen LogP contribution in [0.15, 0.2) is 0 Å². The third-order valence-corrected chi connectivity index (χ3v) is 2.66. The van der Waals surface area contributed by atoms with Gasteiger partial charge in [0.2, 0.25) is 0 Å². The van der Waals surface area contributed by atoms with E-state index >= 15 is 0 Å². The Morgan fingerprint density at radius 2 is 2.00 bits per heavy atom. The van der Waals surface area contributed by atoms with Crippen molar-refractivity contribution in [1.82, 2.24) is 4.90 Å². The standard InChI is InChI=1S/C11H23NO2.ClH/c1-4-5-6-7-10(2)12(3)9-8-11(13)14;/h10H,4-9H2,1-3H3,(H,13,14);1H/t10-;/m1./s1. The van der Waals surface area contributed by atoms with Gasteiger partial charge in [-0.3, -0.25) is 4.79 Å².